The summed E-state index contributed by atoms with van der Waals surface area (Å²) < 4.78 is 16.8. The molecule has 6 nitrogen and oxygen atoms in total. The van der Waals surface area contributed by atoms with Gasteiger partial charge in [-0.3, -0.25) is 14.4 Å². The SMILES string of the molecule is CCCCC/C=C\C/C=C\CCCCCCCCCCCC(=O)O[C@H](COC(=O)CCC/C=C\C/C=C\C/C=C\CCCCCCCC)COC(=O)CCCCCCCCCCCCCC. The van der Waals surface area contributed by atoms with Gasteiger partial charge in [0, 0.05) is 19.3 Å². The molecule has 0 heterocycles. The average molecular weight is 924 g/mol. The van der Waals surface area contributed by atoms with Crippen molar-refractivity contribution in [2.45, 2.75) is 290 Å². The number of unbranched alkanes of at least 4 members (excludes halogenated alkanes) is 30. The van der Waals surface area contributed by atoms with E-state index in [2.05, 4.69) is 81.5 Å². The van der Waals surface area contributed by atoms with E-state index in [1.54, 1.807) is 0 Å². The van der Waals surface area contributed by atoms with Crippen LogP contribution in [0.3, 0.4) is 0 Å². The van der Waals surface area contributed by atoms with Gasteiger partial charge in [0.05, 0.1) is 0 Å². The molecule has 0 aliphatic heterocycles. The Hall–Kier alpha value is -2.89. The second kappa shape index (κ2) is 54.7. The fourth-order valence-corrected chi connectivity index (χ4v) is 7.96. The normalized spacial score (nSPS) is 12.5. The zero-order valence-corrected chi connectivity index (χ0v) is 43.7. The molecule has 382 valence electrons. The summed E-state index contributed by atoms with van der Waals surface area (Å²) in [5.41, 5.74) is 0. The summed E-state index contributed by atoms with van der Waals surface area (Å²) in [4.78, 5) is 38.1. The number of rotatable bonds is 51. The maximum Gasteiger partial charge on any atom is 0.306 e. The smallest absolute Gasteiger partial charge is 0.306 e. The fourth-order valence-electron chi connectivity index (χ4n) is 7.96. The third-order valence-electron chi connectivity index (χ3n) is 12.2. The summed E-state index contributed by atoms with van der Waals surface area (Å²) in [7, 11) is 0. The highest BCUT2D eigenvalue weighted by Crippen LogP contribution is 2.15. The molecule has 0 amide bonds. The summed E-state index contributed by atoms with van der Waals surface area (Å²) >= 11 is 0. The van der Waals surface area contributed by atoms with Crippen molar-refractivity contribution in [3.8, 4) is 0 Å². The van der Waals surface area contributed by atoms with Crippen molar-refractivity contribution < 1.29 is 28.6 Å². The number of carbonyl (C=O) groups is 3. The average Bonchev–Trinajstić information content (AvgIpc) is 3.31. The Morgan fingerprint density at radius 2 is 0.561 bits per heavy atom. The third-order valence-corrected chi connectivity index (χ3v) is 12.2. The second-order valence-corrected chi connectivity index (χ2v) is 18.8. The first-order chi connectivity index (χ1) is 32.5. The highest BCUT2D eigenvalue weighted by atomic mass is 16.6. The van der Waals surface area contributed by atoms with Crippen LogP contribution in [0.4, 0.5) is 0 Å². The van der Waals surface area contributed by atoms with E-state index in [1.807, 2.05) is 0 Å². The minimum absolute atomic E-state index is 0.0892. The molecule has 0 spiro atoms. The molecule has 0 bridgehead atoms. The monoisotopic (exact) mass is 923 g/mol. The first kappa shape index (κ1) is 63.1. The largest absolute Gasteiger partial charge is 0.462 e. The molecule has 1 atom stereocenters. The first-order valence-corrected chi connectivity index (χ1v) is 28.3. The molecule has 6 heteroatoms. The van der Waals surface area contributed by atoms with Crippen LogP contribution in [0.2, 0.25) is 0 Å². The minimum Gasteiger partial charge on any atom is -0.462 e. The number of hydrogen-bond acceptors (Lipinski definition) is 6. The molecule has 0 aliphatic rings. The van der Waals surface area contributed by atoms with Crippen molar-refractivity contribution in [3.63, 3.8) is 0 Å². The molecule has 0 saturated carbocycles. The van der Waals surface area contributed by atoms with Crippen LogP contribution < -0.4 is 0 Å². The molecule has 0 aromatic carbocycles. The molecule has 0 N–H and O–H groups in total. The maximum atomic E-state index is 12.8. The first-order valence-electron chi connectivity index (χ1n) is 28.3. The van der Waals surface area contributed by atoms with Gasteiger partial charge < -0.3 is 14.2 Å². The van der Waals surface area contributed by atoms with Crippen LogP contribution in [0, 0.1) is 0 Å². The van der Waals surface area contributed by atoms with E-state index in [9.17, 15) is 14.4 Å². The van der Waals surface area contributed by atoms with Crippen molar-refractivity contribution in [3.05, 3.63) is 60.8 Å². The Morgan fingerprint density at radius 1 is 0.303 bits per heavy atom. The lowest BCUT2D eigenvalue weighted by atomic mass is 10.0. The molecular formula is C60H106O6. The lowest BCUT2D eigenvalue weighted by Crippen LogP contribution is -2.30. The number of carbonyl (C=O) groups excluding carboxylic acids is 3. The molecule has 0 fully saturated rings. The predicted octanol–water partition coefficient (Wildman–Crippen LogP) is 18.8. The Bertz CT molecular complexity index is 1200. The van der Waals surface area contributed by atoms with E-state index >= 15 is 0 Å². The number of hydrogen-bond donors (Lipinski definition) is 0. The summed E-state index contributed by atoms with van der Waals surface area (Å²) in [5, 5.41) is 0. The number of allylic oxidation sites excluding steroid dienone is 10. The zero-order valence-electron chi connectivity index (χ0n) is 43.7. The number of ether oxygens (including phenoxy) is 3. The van der Waals surface area contributed by atoms with E-state index in [1.165, 1.54) is 173 Å². The van der Waals surface area contributed by atoms with Gasteiger partial charge in [0.15, 0.2) is 6.10 Å². The van der Waals surface area contributed by atoms with E-state index in [0.29, 0.717) is 19.3 Å². The standard InChI is InChI=1S/C60H106O6/c1-4-7-10-13-16-19-22-25-27-29-30-32-34-36-39-42-45-48-51-54-60(63)66-57(55-64-58(61)52-49-46-43-40-37-24-21-18-15-12-9-6-3)56-65-59(62)53-50-47-44-41-38-35-33-31-28-26-23-20-17-14-11-8-5-2/h16,19,25-28,33,35,41,44,57H,4-15,17-18,20-24,29-32,34,36-40,42-43,45-56H2,1-3H3/b19-16-,27-25-,28-26-,35-33-,44-41-/t57-/m0/s1. The van der Waals surface area contributed by atoms with Gasteiger partial charge in [0.25, 0.3) is 0 Å². The summed E-state index contributed by atoms with van der Waals surface area (Å²) in [6.45, 7) is 6.58. The van der Waals surface area contributed by atoms with Crippen LogP contribution >= 0.6 is 0 Å². The van der Waals surface area contributed by atoms with E-state index in [0.717, 1.165) is 64.2 Å². The molecule has 0 radical (unpaired) electrons. The van der Waals surface area contributed by atoms with Crippen LogP contribution in [-0.2, 0) is 28.6 Å². The van der Waals surface area contributed by atoms with Crippen LogP contribution in [0.1, 0.15) is 284 Å². The molecule has 0 aliphatic carbocycles. The van der Waals surface area contributed by atoms with Crippen LogP contribution in [-0.4, -0.2) is 37.2 Å². The number of esters is 3. The Kier molecular flexibility index (Phi) is 52.3. The van der Waals surface area contributed by atoms with E-state index in [4.69, 9.17) is 14.2 Å². The third kappa shape index (κ3) is 52.1. The minimum atomic E-state index is -0.794. The molecule has 0 aromatic heterocycles. The van der Waals surface area contributed by atoms with Crippen LogP contribution in [0.15, 0.2) is 60.8 Å². The Labute approximate surface area is 409 Å². The molecule has 0 aromatic rings. The van der Waals surface area contributed by atoms with Crippen LogP contribution in [0.5, 0.6) is 0 Å². The predicted molar refractivity (Wildman–Crippen MR) is 284 cm³/mol. The molecular weight excluding hydrogens is 817 g/mol. The van der Waals surface area contributed by atoms with E-state index < -0.39 is 6.10 Å². The topological polar surface area (TPSA) is 78.9 Å². The van der Waals surface area contributed by atoms with Crippen LogP contribution in [0.25, 0.3) is 0 Å². The van der Waals surface area contributed by atoms with Gasteiger partial charge in [-0.05, 0) is 83.5 Å². The van der Waals surface area contributed by atoms with Crippen molar-refractivity contribution in [1.82, 2.24) is 0 Å². The summed E-state index contributed by atoms with van der Waals surface area (Å²) in [6.07, 6.45) is 67.8. The van der Waals surface area contributed by atoms with Gasteiger partial charge in [-0.2, -0.15) is 0 Å². The Morgan fingerprint density at radius 3 is 0.939 bits per heavy atom. The Balaban J connectivity index is 4.42. The fraction of sp³-hybridized carbons (Fsp3) is 0.783. The highest BCUT2D eigenvalue weighted by Gasteiger charge is 2.19. The van der Waals surface area contributed by atoms with Gasteiger partial charge in [-0.15, -0.1) is 0 Å². The molecule has 0 unspecified atom stereocenters. The van der Waals surface area contributed by atoms with Crippen molar-refractivity contribution >= 4 is 17.9 Å². The van der Waals surface area contributed by atoms with Gasteiger partial charge in [-0.25, -0.2) is 0 Å². The van der Waals surface area contributed by atoms with Crippen molar-refractivity contribution in [2.24, 2.45) is 0 Å². The highest BCUT2D eigenvalue weighted by molar-refractivity contribution is 5.71. The van der Waals surface area contributed by atoms with Crippen molar-refractivity contribution in [2.75, 3.05) is 13.2 Å². The quantitative estimate of drug-likeness (QED) is 0.0262. The summed E-state index contributed by atoms with van der Waals surface area (Å²) in [6, 6.07) is 0. The van der Waals surface area contributed by atoms with Gasteiger partial charge in [-0.1, -0.05) is 242 Å². The molecule has 66 heavy (non-hydrogen) atoms. The van der Waals surface area contributed by atoms with Gasteiger partial charge in [0.2, 0.25) is 0 Å². The molecule has 0 saturated heterocycles. The van der Waals surface area contributed by atoms with Gasteiger partial charge >= 0.3 is 17.9 Å². The van der Waals surface area contributed by atoms with E-state index in [-0.39, 0.29) is 37.5 Å². The molecule has 0 rings (SSSR count). The van der Waals surface area contributed by atoms with Gasteiger partial charge in [0.1, 0.15) is 13.2 Å². The maximum absolute atomic E-state index is 12.8. The van der Waals surface area contributed by atoms with Crippen molar-refractivity contribution in [1.29, 1.82) is 0 Å². The zero-order chi connectivity index (χ0) is 47.9. The lowest BCUT2D eigenvalue weighted by Gasteiger charge is -2.18. The lowest BCUT2D eigenvalue weighted by molar-refractivity contribution is -0.167. The summed E-state index contributed by atoms with van der Waals surface area (Å²) in [5.74, 6) is -0.939. The second-order valence-electron chi connectivity index (χ2n) is 18.8.